The smallest absolute Gasteiger partial charge is 0.233 e. The van der Waals surface area contributed by atoms with Crippen LogP contribution in [0.15, 0.2) is 72.1 Å². The molecule has 0 aliphatic carbocycles. The zero-order valence-electron chi connectivity index (χ0n) is 16.5. The molecule has 8 heteroatoms. The monoisotopic (exact) mass is 421 g/mol. The molecule has 1 amide bonds. The predicted octanol–water partition coefficient (Wildman–Crippen LogP) is 4.31. The number of carbonyl (C=O) groups is 1. The van der Waals surface area contributed by atoms with Crippen LogP contribution in [-0.2, 0) is 4.79 Å². The molecule has 0 saturated heterocycles. The van der Waals surface area contributed by atoms with Crippen LogP contribution in [0.2, 0.25) is 0 Å². The molecule has 152 valence electrons. The van der Waals surface area contributed by atoms with Crippen LogP contribution in [0.3, 0.4) is 0 Å². The number of thioether (sulfide) groups is 1. The van der Waals surface area contributed by atoms with Crippen LogP contribution in [0.4, 0.5) is 4.39 Å². The lowest BCUT2D eigenvalue weighted by atomic mass is 10.1. The molecule has 6 nitrogen and oxygen atoms in total. The highest BCUT2D eigenvalue weighted by Gasteiger charge is 2.20. The van der Waals surface area contributed by atoms with Crippen molar-refractivity contribution in [1.82, 2.24) is 25.1 Å². The minimum absolute atomic E-state index is 0.126. The van der Waals surface area contributed by atoms with Crippen LogP contribution in [0, 0.1) is 5.82 Å². The van der Waals surface area contributed by atoms with Gasteiger partial charge in [0, 0.05) is 0 Å². The Morgan fingerprint density at radius 2 is 1.80 bits per heavy atom. The van der Waals surface area contributed by atoms with E-state index in [4.69, 9.17) is 0 Å². The molecule has 0 bridgehead atoms. The fourth-order valence-electron chi connectivity index (χ4n) is 3.06. The number of amides is 1. The van der Waals surface area contributed by atoms with E-state index in [0.717, 1.165) is 16.6 Å². The number of halogens is 1. The van der Waals surface area contributed by atoms with Crippen molar-refractivity contribution >= 4 is 28.7 Å². The van der Waals surface area contributed by atoms with Gasteiger partial charge in [0.15, 0.2) is 5.65 Å². The first-order valence-electron chi connectivity index (χ1n) is 9.49. The maximum absolute atomic E-state index is 13.1. The summed E-state index contributed by atoms with van der Waals surface area (Å²) in [6.07, 6.45) is 3.20. The zero-order chi connectivity index (χ0) is 21.1. The van der Waals surface area contributed by atoms with Crippen molar-refractivity contribution in [3.8, 4) is 5.69 Å². The number of para-hydroxylation sites is 1. The third-order valence-electron chi connectivity index (χ3n) is 4.72. The molecule has 4 aromatic rings. The summed E-state index contributed by atoms with van der Waals surface area (Å²) >= 11 is 1.35. The number of aromatic nitrogens is 4. The fourth-order valence-corrected chi connectivity index (χ4v) is 3.95. The Bertz CT molecular complexity index is 1160. The van der Waals surface area contributed by atoms with Gasteiger partial charge < -0.3 is 5.32 Å². The molecule has 2 atom stereocenters. The van der Waals surface area contributed by atoms with Crippen molar-refractivity contribution in [2.75, 3.05) is 0 Å². The molecule has 0 radical (unpaired) electrons. The first kappa shape index (κ1) is 20.0. The van der Waals surface area contributed by atoms with Gasteiger partial charge in [0.25, 0.3) is 0 Å². The Balaban J connectivity index is 1.50. The van der Waals surface area contributed by atoms with Crippen molar-refractivity contribution in [2.45, 2.75) is 30.2 Å². The van der Waals surface area contributed by atoms with Crippen LogP contribution in [-0.4, -0.2) is 30.9 Å². The average Bonchev–Trinajstić information content (AvgIpc) is 3.20. The highest BCUT2D eigenvalue weighted by atomic mass is 32.2. The van der Waals surface area contributed by atoms with Crippen molar-refractivity contribution in [1.29, 1.82) is 0 Å². The molecular formula is C22H20FN5OS. The minimum atomic E-state index is -0.383. The van der Waals surface area contributed by atoms with Gasteiger partial charge in [-0.3, -0.25) is 4.79 Å². The topological polar surface area (TPSA) is 72.7 Å². The molecular weight excluding hydrogens is 401 g/mol. The van der Waals surface area contributed by atoms with Gasteiger partial charge in [-0.2, -0.15) is 5.10 Å². The number of nitrogens with one attached hydrogen (secondary N) is 1. The van der Waals surface area contributed by atoms with Crippen molar-refractivity contribution in [3.05, 3.63) is 78.5 Å². The number of benzene rings is 2. The number of carbonyl (C=O) groups excluding carboxylic acids is 1. The molecule has 4 rings (SSSR count). The molecule has 2 heterocycles. The van der Waals surface area contributed by atoms with E-state index in [0.29, 0.717) is 10.7 Å². The molecule has 2 aromatic heterocycles. The molecule has 1 N–H and O–H groups in total. The Hall–Kier alpha value is -3.26. The lowest BCUT2D eigenvalue weighted by molar-refractivity contribution is -0.120. The van der Waals surface area contributed by atoms with Crippen molar-refractivity contribution in [2.24, 2.45) is 0 Å². The second-order valence-electron chi connectivity index (χ2n) is 6.85. The summed E-state index contributed by atoms with van der Waals surface area (Å²) in [5.74, 6) is -0.427. The van der Waals surface area contributed by atoms with Crippen molar-refractivity contribution < 1.29 is 9.18 Å². The van der Waals surface area contributed by atoms with Crippen LogP contribution in [0.1, 0.15) is 25.5 Å². The van der Waals surface area contributed by atoms with Gasteiger partial charge in [-0.15, -0.1) is 0 Å². The lowest BCUT2D eigenvalue weighted by Gasteiger charge is -2.17. The van der Waals surface area contributed by atoms with E-state index < -0.39 is 0 Å². The van der Waals surface area contributed by atoms with E-state index in [1.807, 2.05) is 44.2 Å². The van der Waals surface area contributed by atoms with E-state index in [9.17, 15) is 9.18 Å². The molecule has 0 spiro atoms. The van der Waals surface area contributed by atoms with Gasteiger partial charge in [0.1, 0.15) is 17.2 Å². The minimum Gasteiger partial charge on any atom is -0.349 e. The molecule has 30 heavy (non-hydrogen) atoms. The van der Waals surface area contributed by atoms with Gasteiger partial charge in [-0.05, 0) is 43.7 Å². The fraction of sp³-hybridized carbons (Fsp3) is 0.182. The van der Waals surface area contributed by atoms with Gasteiger partial charge >= 0.3 is 0 Å². The van der Waals surface area contributed by atoms with Crippen LogP contribution in [0.25, 0.3) is 16.7 Å². The zero-order valence-corrected chi connectivity index (χ0v) is 17.3. The lowest BCUT2D eigenvalue weighted by Crippen LogP contribution is -2.33. The van der Waals surface area contributed by atoms with E-state index in [1.54, 1.807) is 23.0 Å². The van der Waals surface area contributed by atoms with Gasteiger partial charge in [0.2, 0.25) is 5.91 Å². The van der Waals surface area contributed by atoms with Gasteiger partial charge in [0.05, 0.1) is 28.6 Å². The van der Waals surface area contributed by atoms with Gasteiger partial charge in [-0.1, -0.05) is 42.1 Å². The Morgan fingerprint density at radius 3 is 2.53 bits per heavy atom. The van der Waals surface area contributed by atoms with Crippen LogP contribution in [0.5, 0.6) is 0 Å². The normalized spacial score (nSPS) is 13.2. The number of hydrogen-bond acceptors (Lipinski definition) is 5. The number of fused-ring (bicyclic) bond motifs is 1. The predicted molar refractivity (Wildman–Crippen MR) is 115 cm³/mol. The third kappa shape index (κ3) is 4.18. The standard InChI is InChI=1S/C22H20FN5OS/c1-14(16-8-10-17(23)11-9-16)27-21(29)15(2)30-22-19-12-26-28(20(19)24-13-25-22)18-6-4-3-5-7-18/h3-15H,1-2H3,(H,27,29). The molecule has 0 aliphatic heterocycles. The maximum Gasteiger partial charge on any atom is 0.233 e. The SMILES string of the molecule is CC(Sc1ncnc2c1cnn2-c1ccccc1)C(=O)NC(C)c1ccc(F)cc1. The van der Waals surface area contributed by atoms with Crippen molar-refractivity contribution in [3.63, 3.8) is 0 Å². The largest absolute Gasteiger partial charge is 0.349 e. The number of nitrogens with zero attached hydrogens (tertiary/aromatic N) is 4. The van der Waals surface area contributed by atoms with Gasteiger partial charge in [-0.25, -0.2) is 19.0 Å². The van der Waals surface area contributed by atoms with Crippen LogP contribution < -0.4 is 5.32 Å². The maximum atomic E-state index is 13.1. The van der Waals surface area contributed by atoms with E-state index >= 15 is 0 Å². The molecule has 0 saturated carbocycles. The summed E-state index contributed by atoms with van der Waals surface area (Å²) in [7, 11) is 0. The first-order chi connectivity index (χ1) is 14.5. The summed E-state index contributed by atoms with van der Waals surface area (Å²) in [6, 6.07) is 15.6. The average molecular weight is 422 g/mol. The first-order valence-corrected chi connectivity index (χ1v) is 10.4. The Kier molecular flexibility index (Phi) is 5.76. The van der Waals surface area contributed by atoms with E-state index in [2.05, 4.69) is 20.4 Å². The second kappa shape index (κ2) is 8.62. The number of rotatable bonds is 6. The molecule has 2 aromatic carbocycles. The highest BCUT2D eigenvalue weighted by molar-refractivity contribution is 8.00. The second-order valence-corrected chi connectivity index (χ2v) is 8.18. The summed E-state index contributed by atoms with van der Waals surface area (Å²) in [5.41, 5.74) is 2.43. The summed E-state index contributed by atoms with van der Waals surface area (Å²) in [4.78, 5) is 21.4. The molecule has 2 unspecified atom stereocenters. The van der Waals surface area contributed by atoms with Crippen LogP contribution >= 0.6 is 11.8 Å². The Morgan fingerprint density at radius 1 is 1.07 bits per heavy atom. The number of hydrogen-bond donors (Lipinski definition) is 1. The summed E-state index contributed by atoms with van der Waals surface area (Å²) in [5, 5.41) is 8.51. The molecule has 0 aliphatic rings. The highest BCUT2D eigenvalue weighted by Crippen LogP contribution is 2.29. The quantitative estimate of drug-likeness (QED) is 0.371. The summed E-state index contributed by atoms with van der Waals surface area (Å²) in [6.45, 7) is 3.70. The third-order valence-corrected chi connectivity index (χ3v) is 5.83. The van der Waals surface area contributed by atoms with E-state index in [-0.39, 0.29) is 23.0 Å². The molecule has 0 fully saturated rings. The summed E-state index contributed by atoms with van der Waals surface area (Å²) < 4.78 is 14.9. The van der Waals surface area contributed by atoms with E-state index in [1.165, 1.54) is 30.2 Å². The Labute approximate surface area is 177 Å².